The van der Waals surface area contributed by atoms with Crippen LogP contribution in [0.25, 0.3) is 33.9 Å². The lowest BCUT2D eigenvalue weighted by molar-refractivity contribution is -0.119. The van der Waals surface area contributed by atoms with Crippen molar-refractivity contribution in [3.63, 3.8) is 0 Å². The zero-order valence-corrected chi connectivity index (χ0v) is 17.5. The zero-order valence-electron chi connectivity index (χ0n) is 17.5. The van der Waals surface area contributed by atoms with Crippen molar-refractivity contribution in [2.24, 2.45) is 0 Å². The van der Waals surface area contributed by atoms with Crippen molar-refractivity contribution in [1.29, 1.82) is 0 Å². The summed E-state index contributed by atoms with van der Waals surface area (Å²) in [4.78, 5) is 33.9. The highest BCUT2D eigenvalue weighted by Crippen LogP contribution is 2.31. The molecule has 5 aromatic rings. The van der Waals surface area contributed by atoms with E-state index in [2.05, 4.69) is 15.3 Å². The fourth-order valence-electron chi connectivity index (χ4n) is 3.30. The number of carbonyl (C=O) groups excluding carboxylic acids is 2. The number of benzene rings is 2. The first-order valence-electron chi connectivity index (χ1n) is 10.2. The Hall–Kier alpha value is -4.79. The van der Waals surface area contributed by atoms with Crippen LogP contribution in [0.1, 0.15) is 10.4 Å². The maximum Gasteiger partial charge on any atom is 0.338 e. The number of anilines is 1. The average Bonchev–Trinajstić information content (AvgIpc) is 3.57. The van der Waals surface area contributed by atoms with E-state index in [4.69, 9.17) is 13.6 Å². The van der Waals surface area contributed by atoms with E-state index in [1.54, 1.807) is 36.6 Å². The number of carbonyl (C=O) groups is 2. The lowest BCUT2D eigenvalue weighted by atomic mass is 10.1. The maximum atomic E-state index is 13.0. The molecular formula is C25H16FN3O5. The quantitative estimate of drug-likeness (QED) is 0.354. The van der Waals surface area contributed by atoms with Gasteiger partial charge in [-0.2, -0.15) is 0 Å². The van der Waals surface area contributed by atoms with Gasteiger partial charge in [-0.15, -0.1) is 0 Å². The Morgan fingerprint density at radius 2 is 1.50 bits per heavy atom. The van der Waals surface area contributed by atoms with Crippen LogP contribution in [0.4, 0.5) is 10.1 Å². The fraction of sp³-hybridized carbons (Fsp3) is 0.0400. The van der Waals surface area contributed by atoms with Crippen molar-refractivity contribution in [3.05, 3.63) is 90.6 Å². The summed E-state index contributed by atoms with van der Waals surface area (Å²) in [5.41, 5.74) is 2.52. The normalized spacial score (nSPS) is 10.9. The summed E-state index contributed by atoms with van der Waals surface area (Å²) >= 11 is 0. The third-order valence-electron chi connectivity index (χ3n) is 4.87. The number of ether oxygens (including phenoxy) is 1. The van der Waals surface area contributed by atoms with Gasteiger partial charge in [0, 0.05) is 5.69 Å². The number of nitrogens with zero attached hydrogens (tertiary/aromatic N) is 2. The molecule has 0 saturated carbocycles. The minimum atomic E-state index is -0.701. The second kappa shape index (κ2) is 8.99. The predicted molar refractivity (Wildman–Crippen MR) is 120 cm³/mol. The molecule has 8 nitrogen and oxygen atoms in total. The number of hydrogen-bond donors (Lipinski definition) is 1. The molecule has 5 rings (SSSR count). The van der Waals surface area contributed by atoms with Gasteiger partial charge in [-0.25, -0.2) is 19.2 Å². The van der Waals surface area contributed by atoms with Crippen molar-refractivity contribution in [2.75, 3.05) is 11.9 Å². The third-order valence-corrected chi connectivity index (χ3v) is 4.87. The molecule has 0 aliphatic rings. The first-order valence-corrected chi connectivity index (χ1v) is 10.2. The second-order valence-corrected chi connectivity index (χ2v) is 7.21. The molecule has 0 atom stereocenters. The van der Waals surface area contributed by atoms with Gasteiger partial charge in [0.25, 0.3) is 5.91 Å². The van der Waals surface area contributed by atoms with E-state index < -0.39 is 24.3 Å². The maximum absolute atomic E-state index is 13.0. The standard InChI is InChI=1S/C25H16FN3O5/c26-16-6-8-17(9-7-16)27-22(30)14-34-25(31)15-5-10-18-19(13-15)29-24(21-4-2-12-33-21)23(28-18)20-3-1-11-32-20/h1-13H,14H2,(H,27,30). The average molecular weight is 457 g/mol. The van der Waals surface area contributed by atoms with Crippen LogP contribution in [0.2, 0.25) is 0 Å². The molecule has 168 valence electrons. The van der Waals surface area contributed by atoms with Crippen molar-refractivity contribution in [2.45, 2.75) is 0 Å². The topological polar surface area (TPSA) is 107 Å². The highest BCUT2D eigenvalue weighted by Gasteiger charge is 2.18. The van der Waals surface area contributed by atoms with Crippen LogP contribution in [-0.2, 0) is 9.53 Å². The Kier molecular flexibility index (Phi) is 5.57. The lowest BCUT2D eigenvalue weighted by Gasteiger charge is -2.09. The fourth-order valence-corrected chi connectivity index (χ4v) is 3.30. The van der Waals surface area contributed by atoms with Gasteiger partial charge in [0.05, 0.1) is 29.1 Å². The van der Waals surface area contributed by atoms with Gasteiger partial charge in [-0.05, 0) is 66.7 Å². The number of esters is 1. The Morgan fingerprint density at radius 3 is 2.12 bits per heavy atom. The lowest BCUT2D eigenvalue weighted by Crippen LogP contribution is -2.20. The van der Waals surface area contributed by atoms with E-state index in [1.807, 2.05) is 0 Å². The molecule has 1 N–H and O–H groups in total. The molecule has 34 heavy (non-hydrogen) atoms. The molecule has 3 aromatic heterocycles. The van der Waals surface area contributed by atoms with E-state index >= 15 is 0 Å². The number of fused-ring (bicyclic) bond motifs is 1. The first-order chi connectivity index (χ1) is 16.6. The summed E-state index contributed by atoms with van der Waals surface area (Å²) in [5.74, 6) is -0.658. The minimum absolute atomic E-state index is 0.201. The zero-order chi connectivity index (χ0) is 23.5. The molecule has 1 amide bonds. The molecule has 0 aliphatic heterocycles. The van der Waals surface area contributed by atoms with Crippen molar-refractivity contribution in [1.82, 2.24) is 9.97 Å². The molecule has 3 heterocycles. The SMILES string of the molecule is O=C(COC(=O)c1ccc2nc(-c3ccco3)c(-c3ccco3)nc2c1)Nc1ccc(F)cc1. The van der Waals surface area contributed by atoms with Crippen molar-refractivity contribution in [3.8, 4) is 22.9 Å². The Balaban J connectivity index is 1.37. The summed E-state index contributed by atoms with van der Waals surface area (Å²) in [7, 11) is 0. The van der Waals surface area contributed by atoms with Crippen LogP contribution in [0.15, 0.2) is 88.1 Å². The van der Waals surface area contributed by atoms with Gasteiger partial charge in [0.15, 0.2) is 18.1 Å². The minimum Gasteiger partial charge on any atom is -0.463 e. The van der Waals surface area contributed by atoms with Crippen molar-refractivity contribution < 1.29 is 27.6 Å². The van der Waals surface area contributed by atoms with Crippen LogP contribution in [-0.4, -0.2) is 28.5 Å². The first kappa shape index (κ1) is 21.1. The van der Waals surface area contributed by atoms with Gasteiger partial charge in [-0.1, -0.05) is 0 Å². The van der Waals surface area contributed by atoms with E-state index in [1.165, 1.54) is 42.7 Å². The molecule has 0 radical (unpaired) electrons. The molecule has 0 bridgehead atoms. The largest absolute Gasteiger partial charge is 0.463 e. The van der Waals surface area contributed by atoms with Gasteiger partial charge in [0.1, 0.15) is 17.2 Å². The molecular weight excluding hydrogens is 441 g/mol. The number of amides is 1. The van der Waals surface area contributed by atoms with Crippen LogP contribution >= 0.6 is 0 Å². The Morgan fingerprint density at radius 1 is 0.853 bits per heavy atom. The van der Waals surface area contributed by atoms with Gasteiger partial charge >= 0.3 is 5.97 Å². The number of furan rings is 2. The van der Waals surface area contributed by atoms with Gasteiger partial charge in [-0.3, -0.25) is 4.79 Å². The van der Waals surface area contributed by atoms with Crippen LogP contribution < -0.4 is 5.32 Å². The molecule has 9 heteroatoms. The molecule has 0 spiro atoms. The van der Waals surface area contributed by atoms with Crippen molar-refractivity contribution >= 4 is 28.6 Å². The number of nitrogens with one attached hydrogen (secondary N) is 1. The predicted octanol–water partition coefficient (Wildman–Crippen LogP) is 5.08. The van der Waals surface area contributed by atoms with Gasteiger partial charge in [0.2, 0.25) is 0 Å². The van der Waals surface area contributed by atoms with Gasteiger partial charge < -0.3 is 18.9 Å². The number of rotatable bonds is 6. The number of hydrogen-bond acceptors (Lipinski definition) is 7. The summed E-state index contributed by atoms with van der Waals surface area (Å²) in [6.07, 6.45) is 3.07. The molecule has 0 fully saturated rings. The Labute approximate surface area is 192 Å². The monoisotopic (exact) mass is 457 g/mol. The van der Waals surface area contributed by atoms with E-state index in [0.29, 0.717) is 39.6 Å². The molecule has 0 saturated heterocycles. The summed E-state index contributed by atoms with van der Waals surface area (Å²) in [6, 6.07) is 16.9. The highest BCUT2D eigenvalue weighted by atomic mass is 19.1. The van der Waals surface area contributed by atoms with Crippen LogP contribution in [0, 0.1) is 5.82 Å². The molecule has 0 aliphatic carbocycles. The number of halogens is 1. The Bertz CT molecular complexity index is 1460. The molecule has 2 aromatic carbocycles. The summed E-state index contributed by atoms with van der Waals surface area (Å²) in [6.45, 7) is -0.505. The second-order valence-electron chi connectivity index (χ2n) is 7.21. The highest BCUT2D eigenvalue weighted by molar-refractivity contribution is 5.97. The van der Waals surface area contributed by atoms with Crippen LogP contribution in [0.3, 0.4) is 0 Å². The summed E-state index contributed by atoms with van der Waals surface area (Å²) in [5, 5.41) is 2.52. The number of aromatic nitrogens is 2. The smallest absolute Gasteiger partial charge is 0.338 e. The van der Waals surface area contributed by atoms with E-state index in [-0.39, 0.29) is 5.56 Å². The summed E-state index contributed by atoms with van der Waals surface area (Å²) < 4.78 is 29.1. The third kappa shape index (κ3) is 4.40. The van der Waals surface area contributed by atoms with Crippen LogP contribution in [0.5, 0.6) is 0 Å². The van der Waals surface area contributed by atoms with E-state index in [0.717, 1.165) is 0 Å². The van der Waals surface area contributed by atoms with E-state index in [9.17, 15) is 14.0 Å². The molecule has 0 unspecified atom stereocenters.